The van der Waals surface area contributed by atoms with E-state index in [0.717, 1.165) is 62.2 Å². The molecule has 2 aromatic carbocycles. The number of halogens is 1. The number of hydrogen-bond acceptors (Lipinski definition) is 6. The molecule has 0 spiro atoms. The van der Waals surface area contributed by atoms with Gasteiger partial charge in [-0.2, -0.15) is 0 Å². The molecule has 1 aromatic heterocycles. The standard InChI is InChI=1S/C21H24FN5O/c22-16-6-7-17-20(14-16)28-24-21(17)15-8-12-26(13-9-15)10-3-11-27-19-5-2-1-4-18(19)23-25-27/h1-2,4-7,14-15,23,25H,3,8-13H2. The zero-order chi connectivity index (χ0) is 18.9. The van der Waals surface area contributed by atoms with Gasteiger partial charge in [-0.1, -0.05) is 17.3 Å². The van der Waals surface area contributed by atoms with Crippen LogP contribution in [0.2, 0.25) is 0 Å². The van der Waals surface area contributed by atoms with Gasteiger partial charge < -0.3 is 14.8 Å². The van der Waals surface area contributed by atoms with E-state index in [1.807, 2.05) is 6.07 Å². The number of likely N-dealkylation sites (tertiary alicyclic amines) is 1. The maximum Gasteiger partial charge on any atom is 0.170 e. The number of aromatic nitrogens is 1. The number of anilines is 2. The lowest BCUT2D eigenvalue weighted by atomic mass is 9.91. The second-order valence-corrected chi connectivity index (χ2v) is 7.58. The molecule has 2 N–H and O–H groups in total. The van der Waals surface area contributed by atoms with E-state index in [9.17, 15) is 4.39 Å². The van der Waals surface area contributed by atoms with Gasteiger partial charge in [0.25, 0.3) is 0 Å². The molecule has 2 aliphatic heterocycles. The van der Waals surface area contributed by atoms with E-state index in [0.29, 0.717) is 11.5 Å². The van der Waals surface area contributed by atoms with Gasteiger partial charge in [0.2, 0.25) is 0 Å². The average molecular weight is 381 g/mol. The fraction of sp³-hybridized carbons (Fsp3) is 0.381. The molecule has 6 nitrogen and oxygen atoms in total. The Kier molecular flexibility index (Phi) is 4.62. The lowest BCUT2D eigenvalue weighted by Gasteiger charge is -2.31. The summed E-state index contributed by atoms with van der Waals surface area (Å²) < 4.78 is 18.7. The predicted molar refractivity (Wildman–Crippen MR) is 108 cm³/mol. The first kappa shape index (κ1) is 17.5. The maximum absolute atomic E-state index is 13.3. The molecule has 5 rings (SSSR count). The minimum Gasteiger partial charge on any atom is -0.356 e. The molecular weight excluding hydrogens is 357 g/mol. The van der Waals surface area contributed by atoms with Crippen LogP contribution in [0, 0.1) is 5.82 Å². The van der Waals surface area contributed by atoms with Crippen molar-refractivity contribution in [1.29, 1.82) is 0 Å². The normalized spacial score (nSPS) is 17.8. The highest BCUT2D eigenvalue weighted by atomic mass is 19.1. The van der Waals surface area contributed by atoms with Crippen LogP contribution in [-0.2, 0) is 0 Å². The molecule has 0 saturated carbocycles. The number of hydrogen-bond donors (Lipinski definition) is 2. The summed E-state index contributed by atoms with van der Waals surface area (Å²) in [4.78, 5) is 2.52. The van der Waals surface area contributed by atoms with Crippen molar-refractivity contribution >= 4 is 22.3 Å². The van der Waals surface area contributed by atoms with E-state index >= 15 is 0 Å². The van der Waals surface area contributed by atoms with Crippen LogP contribution in [-0.4, -0.2) is 36.2 Å². The van der Waals surface area contributed by atoms with Gasteiger partial charge in [-0.3, -0.25) is 5.01 Å². The van der Waals surface area contributed by atoms with Crippen molar-refractivity contribution in [1.82, 2.24) is 15.6 Å². The summed E-state index contributed by atoms with van der Waals surface area (Å²) in [5, 5.41) is 7.36. The van der Waals surface area contributed by atoms with Crippen molar-refractivity contribution in [3.05, 3.63) is 54.0 Å². The zero-order valence-electron chi connectivity index (χ0n) is 15.7. The Bertz CT molecular complexity index is 966. The van der Waals surface area contributed by atoms with Crippen molar-refractivity contribution in [3.63, 3.8) is 0 Å². The molecule has 1 fully saturated rings. The van der Waals surface area contributed by atoms with Crippen LogP contribution in [0.1, 0.15) is 30.9 Å². The van der Waals surface area contributed by atoms with E-state index in [2.05, 4.69) is 44.2 Å². The summed E-state index contributed by atoms with van der Waals surface area (Å²) in [6, 6.07) is 13.0. The first-order valence-corrected chi connectivity index (χ1v) is 9.93. The Morgan fingerprint density at radius 1 is 1.11 bits per heavy atom. The molecule has 0 bridgehead atoms. The van der Waals surface area contributed by atoms with Crippen molar-refractivity contribution in [2.24, 2.45) is 0 Å². The highest BCUT2D eigenvalue weighted by Gasteiger charge is 2.25. The molecule has 0 aliphatic carbocycles. The minimum absolute atomic E-state index is 0.282. The predicted octanol–water partition coefficient (Wildman–Crippen LogP) is 3.89. The van der Waals surface area contributed by atoms with Crippen LogP contribution in [0.3, 0.4) is 0 Å². The minimum atomic E-state index is -0.282. The number of piperidine rings is 1. The van der Waals surface area contributed by atoms with Crippen LogP contribution in [0.5, 0.6) is 0 Å². The Morgan fingerprint density at radius 2 is 1.96 bits per heavy atom. The molecule has 146 valence electrons. The summed E-state index contributed by atoms with van der Waals surface area (Å²) >= 11 is 0. The Morgan fingerprint density at radius 3 is 2.86 bits per heavy atom. The van der Waals surface area contributed by atoms with E-state index in [1.165, 1.54) is 17.8 Å². The molecular formula is C21H24FN5O. The van der Waals surface area contributed by atoms with Gasteiger partial charge in [-0.25, -0.2) is 4.39 Å². The molecule has 0 radical (unpaired) electrons. The number of nitrogens with zero attached hydrogens (tertiary/aromatic N) is 3. The Hall–Kier alpha value is -2.64. The van der Waals surface area contributed by atoms with Crippen LogP contribution >= 0.6 is 0 Å². The van der Waals surface area contributed by atoms with Gasteiger partial charge in [0.15, 0.2) is 5.58 Å². The van der Waals surface area contributed by atoms with E-state index in [1.54, 1.807) is 6.07 Å². The maximum atomic E-state index is 13.3. The SMILES string of the molecule is Fc1ccc2c(C3CCN(CCCN4NNc5ccccc54)CC3)noc2c1. The van der Waals surface area contributed by atoms with Crippen molar-refractivity contribution in [3.8, 4) is 0 Å². The number of para-hydroxylation sites is 2. The molecule has 0 amide bonds. The number of hydrazine groups is 2. The monoisotopic (exact) mass is 381 g/mol. The van der Waals surface area contributed by atoms with Gasteiger partial charge in [0.1, 0.15) is 5.82 Å². The smallest absolute Gasteiger partial charge is 0.170 e. The van der Waals surface area contributed by atoms with Crippen LogP contribution in [0.15, 0.2) is 47.0 Å². The summed E-state index contributed by atoms with van der Waals surface area (Å²) in [6.45, 7) is 4.16. The molecule has 3 heterocycles. The zero-order valence-corrected chi connectivity index (χ0v) is 15.7. The lowest BCUT2D eigenvalue weighted by molar-refractivity contribution is 0.207. The molecule has 7 heteroatoms. The third-order valence-corrected chi connectivity index (χ3v) is 5.81. The molecule has 2 aliphatic rings. The van der Waals surface area contributed by atoms with E-state index in [-0.39, 0.29) is 5.82 Å². The topological polar surface area (TPSA) is 56.6 Å². The number of benzene rings is 2. The van der Waals surface area contributed by atoms with Crippen molar-refractivity contribution in [2.45, 2.75) is 25.2 Å². The summed E-state index contributed by atoms with van der Waals surface area (Å²) in [6.07, 6.45) is 3.22. The summed E-state index contributed by atoms with van der Waals surface area (Å²) in [5.41, 5.74) is 10.3. The first-order valence-electron chi connectivity index (χ1n) is 9.93. The third kappa shape index (κ3) is 3.31. The quantitative estimate of drug-likeness (QED) is 0.699. The van der Waals surface area contributed by atoms with Gasteiger partial charge in [-0.15, -0.1) is 5.53 Å². The average Bonchev–Trinajstić information content (AvgIpc) is 3.33. The number of nitrogens with one attached hydrogen (secondary N) is 2. The highest BCUT2D eigenvalue weighted by Crippen LogP contribution is 2.33. The van der Waals surface area contributed by atoms with Crippen LogP contribution in [0.4, 0.5) is 15.8 Å². The highest BCUT2D eigenvalue weighted by molar-refractivity contribution is 5.80. The van der Waals surface area contributed by atoms with Gasteiger partial charge >= 0.3 is 0 Å². The van der Waals surface area contributed by atoms with E-state index in [4.69, 9.17) is 4.52 Å². The molecule has 3 aromatic rings. The van der Waals surface area contributed by atoms with Gasteiger partial charge in [0.05, 0.1) is 17.1 Å². The van der Waals surface area contributed by atoms with Gasteiger partial charge in [-0.05, 0) is 63.2 Å². The fourth-order valence-corrected chi connectivity index (χ4v) is 4.29. The van der Waals surface area contributed by atoms with Crippen molar-refractivity contribution in [2.75, 3.05) is 36.6 Å². The van der Waals surface area contributed by atoms with Gasteiger partial charge in [0, 0.05) is 23.9 Å². The second-order valence-electron chi connectivity index (χ2n) is 7.58. The van der Waals surface area contributed by atoms with Crippen molar-refractivity contribution < 1.29 is 8.91 Å². The largest absolute Gasteiger partial charge is 0.356 e. The first-order chi connectivity index (χ1) is 13.8. The molecule has 0 unspecified atom stereocenters. The second kappa shape index (κ2) is 7.41. The van der Waals surface area contributed by atoms with Crippen LogP contribution in [0.25, 0.3) is 11.0 Å². The number of fused-ring (bicyclic) bond motifs is 2. The molecule has 28 heavy (non-hydrogen) atoms. The fourth-order valence-electron chi connectivity index (χ4n) is 4.29. The third-order valence-electron chi connectivity index (χ3n) is 5.81. The Labute approximate surface area is 163 Å². The van der Waals surface area contributed by atoms with Crippen LogP contribution < -0.4 is 16.0 Å². The Balaban J connectivity index is 1.13. The summed E-state index contributed by atoms with van der Waals surface area (Å²) in [5.74, 6) is 0.106. The lowest BCUT2D eigenvalue weighted by Crippen LogP contribution is -2.39. The molecule has 0 atom stereocenters. The summed E-state index contributed by atoms with van der Waals surface area (Å²) in [7, 11) is 0. The molecule has 1 saturated heterocycles. The number of rotatable bonds is 5. The van der Waals surface area contributed by atoms with E-state index < -0.39 is 0 Å².